The van der Waals surface area contributed by atoms with Gasteiger partial charge in [-0.1, -0.05) is 47.6 Å². The van der Waals surface area contributed by atoms with Gasteiger partial charge >= 0.3 is 0 Å². The maximum absolute atomic E-state index is 13.5. The van der Waals surface area contributed by atoms with Gasteiger partial charge in [0.25, 0.3) is 15.9 Å². The summed E-state index contributed by atoms with van der Waals surface area (Å²) in [4.78, 5) is 25.0. The van der Waals surface area contributed by atoms with Gasteiger partial charge in [-0.25, -0.2) is 14.7 Å². The van der Waals surface area contributed by atoms with E-state index in [0.29, 0.717) is 17.6 Å². The lowest BCUT2D eigenvalue weighted by molar-refractivity contribution is 0.0981. The summed E-state index contributed by atoms with van der Waals surface area (Å²) in [5, 5.41) is 3.29. The van der Waals surface area contributed by atoms with Gasteiger partial charge in [0.1, 0.15) is 11.6 Å². The van der Waals surface area contributed by atoms with Gasteiger partial charge in [0.15, 0.2) is 5.03 Å². The summed E-state index contributed by atoms with van der Waals surface area (Å²) < 4.78 is 28.8. The molecule has 0 spiro atoms. The molecule has 2 aliphatic heterocycles. The van der Waals surface area contributed by atoms with Crippen LogP contribution in [0, 0.1) is 11.3 Å². The van der Waals surface area contributed by atoms with Crippen LogP contribution in [0.3, 0.4) is 0 Å². The first-order chi connectivity index (χ1) is 17.0. The molecule has 202 valence electrons. The van der Waals surface area contributed by atoms with Crippen LogP contribution in [0.2, 0.25) is 0 Å². The van der Waals surface area contributed by atoms with Crippen molar-refractivity contribution in [1.82, 2.24) is 14.7 Å². The predicted molar refractivity (Wildman–Crippen MR) is 147 cm³/mol. The second-order valence-electron chi connectivity index (χ2n) is 13.2. The molecule has 0 saturated carbocycles. The summed E-state index contributed by atoms with van der Waals surface area (Å²) in [5.74, 6) is 0.723. The number of hydrogen-bond donors (Lipinski definition) is 2. The van der Waals surface area contributed by atoms with E-state index in [1.54, 1.807) is 18.2 Å². The molecule has 1 saturated heterocycles. The second-order valence-corrected chi connectivity index (χ2v) is 14.9. The molecule has 1 fully saturated rings. The predicted octanol–water partition coefficient (Wildman–Crippen LogP) is 5.12. The number of carbonyl (C=O) groups excluding carboxylic acids is 1. The quantitative estimate of drug-likeness (QED) is 0.490. The second kappa shape index (κ2) is 9.26. The van der Waals surface area contributed by atoms with Crippen LogP contribution in [0.25, 0.3) is 0 Å². The first-order valence-corrected chi connectivity index (χ1v) is 14.6. The monoisotopic (exact) mass is 527 g/mol. The number of rotatable bonds is 0. The maximum atomic E-state index is 13.5. The van der Waals surface area contributed by atoms with E-state index in [-0.39, 0.29) is 33.0 Å². The molecule has 0 aromatic carbocycles. The Bertz CT molecular complexity index is 1290. The number of aromatic nitrogens is 2. The number of sulfonamides is 1. The summed E-state index contributed by atoms with van der Waals surface area (Å²) in [7, 11) is -4.20. The Hall–Kier alpha value is -2.68. The average Bonchev–Trinajstić information content (AvgIpc) is 3.08. The van der Waals surface area contributed by atoms with Crippen LogP contribution in [-0.2, 0) is 15.4 Å². The molecule has 8 nitrogen and oxygen atoms in total. The van der Waals surface area contributed by atoms with E-state index in [0.717, 1.165) is 31.5 Å². The largest absolute Gasteiger partial charge is 0.367 e. The maximum Gasteiger partial charge on any atom is 0.281 e. The molecule has 2 atom stereocenters. The standard InChI is InChI=1S/C28H41N5O3S/c1-26(2,3)20-14-12-18-16-28(7,8)33(17-18)24-19(13-15-21(30-24)27(4,5)6)25(34)32-37(35,36)23-11-9-10-22(29-20)31-23/h9-11,13,15,18,20H,12,14,16-17H2,1-8H3,(H,29,31)(H,32,34)/t18-,20-/m0/s1. The van der Waals surface area contributed by atoms with Gasteiger partial charge in [-0.2, -0.15) is 8.42 Å². The fraction of sp³-hybridized carbons (Fsp3) is 0.607. The van der Waals surface area contributed by atoms with Crippen molar-refractivity contribution in [3.63, 3.8) is 0 Å². The van der Waals surface area contributed by atoms with Crippen LogP contribution in [-0.4, -0.2) is 42.4 Å². The van der Waals surface area contributed by atoms with E-state index in [1.807, 2.05) is 6.07 Å². The highest BCUT2D eigenvalue weighted by Gasteiger charge is 2.42. The van der Waals surface area contributed by atoms with E-state index < -0.39 is 15.9 Å². The summed E-state index contributed by atoms with van der Waals surface area (Å²) in [5.41, 5.74) is 0.568. The summed E-state index contributed by atoms with van der Waals surface area (Å²) in [6.07, 6.45) is 2.86. The zero-order valence-corrected chi connectivity index (χ0v) is 24.2. The molecule has 0 unspecified atom stereocenters. The fourth-order valence-corrected chi connectivity index (χ4v) is 6.31. The van der Waals surface area contributed by atoms with Crippen molar-refractivity contribution in [3.8, 4) is 0 Å². The molecule has 2 aromatic heterocycles. The molecular weight excluding hydrogens is 486 g/mol. The normalized spacial score (nSPS) is 23.8. The Balaban J connectivity index is 1.86. The van der Waals surface area contributed by atoms with Gasteiger partial charge < -0.3 is 10.2 Å². The van der Waals surface area contributed by atoms with E-state index in [9.17, 15) is 13.2 Å². The smallest absolute Gasteiger partial charge is 0.281 e. The van der Waals surface area contributed by atoms with E-state index in [1.165, 1.54) is 6.07 Å². The first kappa shape index (κ1) is 27.4. The van der Waals surface area contributed by atoms with Gasteiger partial charge in [0, 0.05) is 29.2 Å². The van der Waals surface area contributed by atoms with Crippen molar-refractivity contribution in [2.24, 2.45) is 11.3 Å². The molecule has 2 N–H and O–H groups in total. The van der Waals surface area contributed by atoms with E-state index >= 15 is 0 Å². The average molecular weight is 528 g/mol. The number of nitrogens with one attached hydrogen (secondary N) is 2. The van der Waals surface area contributed by atoms with Gasteiger partial charge in [0.05, 0.1) is 5.56 Å². The molecule has 0 radical (unpaired) electrons. The van der Waals surface area contributed by atoms with Crippen LogP contribution in [0.1, 0.15) is 90.7 Å². The highest BCUT2D eigenvalue weighted by atomic mass is 32.2. The molecule has 0 aliphatic carbocycles. The molecule has 4 bridgehead atoms. The van der Waals surface area contributed by atoms with E-state index in [2.05, 4.69) is 75.3 Å². The molecule has 37 heavy (non-hydrogen) atoms. The third-order valence-electron chi connectivity index (χ3n) is 7.56. The van der Waals surface area contributed by atoms with Gasteiger partial charge in [-0.15, -0.1) is 0 Å². The van der Waals surface area contributed by atoms with Gasteiger partial charge in [-0.3, -0.25) is 4.79 Å². The number of anilines is 2. The van der Waals surface area contributed by atoms with Crippen molar-refractivity contribution in [3.05, 3.63) is 41.6 Å². The van der Waals surface area contributed by atoms with Crippen LogP contribution >= 0.6 is 0 Å². The Kier molecular flexibility index (Phi) is 6.84. The van der Waals surface area contributed by atoms with Crippen LogP contribution < -0.4 is 14.9 Å². The lowest BCUT2D eigenvalue weighted by Crippen LogP contribution is -2.41. The highest BCUT2D eigenvalue weighted by Crippen LogP contribution is 2.41. The molecule has 4 heterocycles. The Morgan fingerprint density at radius 2 is 1.70 bits per heavy atom. The summed E-state index contributed by atoms with van der Waals surface area (Å²) in [6.45, 7) is 17.9. The van der Waals surface area contributed by atoms with Crippen molar-refractivity contribution >= 4 is 27.6 Å². The third kappa shape index (κ3) is 5.76. The first-order valence-electron chi connectivity index (χ1n) is 13.1. The van der Waals surface area contributed by atoms with Gasteiger partial charge in [-0.05, 0) is 68.7 Å². The third-order valence-corrected chi connectivity index (χ3v) is 8.79. The minimum Gasteiger partial charge on any atom is -0.367 e. The Morgan fingerprint density at radius 1 is 1.00 bits per heavy atom. The zero-order chi connectivity index (χ0) is 27.4. The number of pyridine rings is 2. The Labute approximate surface area is 221 Å². The molecule has 1 amide bonds. The van der Waals surface area contributed by atoms with Crippen LogP contribution in [0.5, 0.6) is 0 Å². The lowest BCUT2D eigenvalue weighted by Gasteiger charge is -2.34. The molecule has 2 aliphatic rings. The van der Waals surface area contributed by atoms with E-state index in [4.69, 9.17) is 4.98 Å². The summed E-state index contributed by atoms with van der Waals surface area (Å²) in [6, 6.07) is 8.43. The fourth-order valence-electron chi connectivity index (χ4n) is 5.38. The highest BCUT2D eigenvalue weighted by molar-refractivity contribution is 7.90. The zero-order valence-electron chi connectivity index (χ0n) is 23.3. The molecule has 4 rings (SSSR count). The van der Waals surface area contributed by atoms with Crippen LogP contribution in [0.15, 0.2) is 35.4 Å². The number of fused-ring (bicyclic) bond motifs is 6. The molecule has 9 heteroatoms. The van der Waals surface area contributed by atoms with Crippen molar-refractivity contribution in [1.29, 1.82) is 0 Å². The SMILES string of the molecule is CC(C)(C)c1ccc2c(n1)N1C[C@@H](CC[C@@H](C(C)(C)C)Nc3cccc(n3)S(=O)(=O)NC2=O)CC1(C)C. The van der Waals surface area contributed by atoms with Crippen molar-refractivity contribution in [2.75, 3.05) is 16.8 Å². The minimum atomic E-state index is -4.20. The lowest BCUT2D eigenvalue weighted by atomic mass is 9.81. The minimum absolute atomic E-state index is 0.0672. The van der Waals surface area contributed by atoms with Gasteiger partial charge in [0.2, 0.25) is 0 Å². The van der Waals surface area contributed by atoms with Crippen molar-refractivity contribution in [2.45, 2.75) is 96.7 Å². The molecular formula is C28H41N5O3S. The topological polar surface area (TPSA) is 104 Å². The molecule has 2 aromatic rings. The number of hydrogen-bond acceptors (Lipinski definition) is 7. The van der Waals surface area contributed by atoms with Crippen molar-refractivity contribution < 1.29 is 13.2 Å². The number of nitrogens with zero attached hydrogens (tertiary/aromatic N) is 3. The van der Waals surface area contributed by atoms with Crippen LogP contribution in [0.4, 0.5) is 11.6 Å². The number of carbonyl (C=O) groups is 1. The Morgan fingerprint density at radius 3 is 2.35 bits per heavy atom. The summed E-state index contributed by atoms with van der Waals surface area (Å²) >= 11 is 0. The number of amides is 1.